The van der Waals surface area contributed by atoms with E-state index in [1.807, 2.05) is 0 Å². The van der Waals surface area contributed by atoms with E-state index in [1.54, 1.807) is 0 Å². The number of aromatic nitrogens is 1. The number of hydrogen-bond acceptors (Lipinski definition) is 4. The number of nitrogens with two attached hydrogens (primary N) is 1. The van der Waals surface area contributed by atoms with Gasteiger partial charge in [-0.2, -0.15) is 0 Å². The third-order valence-corrected chi connectivity index (χ3v) is 1.20. The first-order chi connectivity index (χ1) is 5.09. The lowest BCUT2D eigenvalue weighted by Crippen LogP contribution is -1.94. The first kappa shape index (κ1) is 7.74. The first-order valence-corrected chi connectivity index (χ1v) is 3.05. The van der Waals surface area contributed by atoms with Gasteiger partial charge in [-0.1, -0.05) is 11.6 Å². The molecule has 2 N–H and O–H groups in total. The normalized spacial score (nSPS) is 9.55. The molecule has 0 aliphatic carbocycles. The molecule has 5 nitrogen and oxygen atoms in total. The van der Waals surface area contributed by atoms with E-state index in [2.05, 4.69) is 4.98 Å². The molecular weight excluding hydrogens is 170 g/mol. The Hall–Kier alpha value is -1.36. The van der Waals surface area contributed by atoms with Gasteiger partial charge in [0.25, 0.3) is 5.69 Å². The average molecular weight is 174 g/mol. The van der Waals surface area contributed by atoms with Crippen molar-refractivity contribution in [2.45, 2.75) is 0 Å². The predicted molar refractivity (Wildman–Crippen MR) is 40.3 cm³/mol. The van der Waals surface area contributed by atoms with Crippen LogP contribution in [0.15, 0.2) is 12.1 Å². The lowest BCUT2D eigenvalue weighted by Gasteiger charge is -1.93. The number of halogens is 1. The molecular formula is C5H4ClN3O2. The molecule has 6 heteroatoms. The van der Waals surface area contributed by atoms with Crippen LogP contribution in [-0.4, -0.2) is 9.91 Å². The molecule has 0 saturated carbocycles. The van der Waals surface area contributed by atoms with Gasteiger partial charge in [-0.25, -0.2) is 4.98 Å². The first-order valence-electron chi connectivity index (χ1n) is 2.67. The van der Waals surface area contributed by atoms with Crippen LogP contribution in [0, 0.1) is 10.1 Å². The standard InChI is InChI=1S/C5H4ClN3O2/c6-4-1-3(9(10)11)2-5(7)8-4/h1-2H,(H2,7,8). The second-order valence-electron chi connectivity index (χ2n) is 1.83. The quantitative estimate of drug-likeness (QED) is 0.393. The van der Waals surface area contributed by atoms with E-state index in [-0.39, 0.29) is 16.7 Å². The summed E-state index contributed by atoms with van der Waals surface area (Å²) < 4.78 is 0. The third-order valence-electron chi connectivity index (χ3n) is 1.01. The smallest absolute Gasteiger partial charge is 0.276 e. The van der Waals surface area contributed by atoms with Crippen LogP contribution < -0.4 is 5.73 Å². The minimum atomic E-state index is -0.579. The molecule has 1 aromatic heterocycles. The number of rotatable bonds is 1. The predicted octanol–water partition coefficient (Wildman–Crippen LogP) is 1.23. The molecule has 1 aromatic rings. The van der Waals surface area contributed by atoms with Gasteiger partial charge in [-0.15, -0.1) is 0 Å². The Morgan fingerprint density at radius 1 is 1.64 bits per heavy atom. The monoisotopic (exact) mass is 173 g/mol. The Morgan fingerprint density at radius 3 is 2.73 bits per heavy atom. The van der Waals surface area contributed by atoms with Crippen molar-refractivity contribution >= 4 is 23.1 Å². The zero-order chi connectivity index (χ0) is 8.43. The molecule has 0 amide bonds. The number of nitro groups is 1. The van der Waals surface area contributed by atoms with E-state index in [0.29, 0.717) is 0 Å². The molecule has 11 heavy (non-hydrogen) atoms. The summed E-state index contributed by atoms with van der Waals surface area (Å²) in [6.07, 6.45) is 0. The van der Waals surface area contributed by atoms with Gasteiger partial charge in [0, 0.05) is 0 Å². The summed E-state index contributed by atoms with van der Waals surface area (Å²) in [5.41, 5.74) is 5.05. The van der Waals surface area contributed by atoms with Crippen molar-refractivity contribution in [1.82, 2.24) is 4.98 Å². The van der Waals surface area contributed by atoms with E-state index < -0.39 is 4.92 Å². The van der Waals surface area contributed by atoms with Crippen molar-refractivity contribution in [3.8, 4) is 0 Å². The van der Waals surface area contributed by atoms with Gasteiger partial charge < -0.3 is 5.73 Å². The maximum Gasteiger partial charge on any atom is 0.276 e. The lowest BCUT2D eigenvalue weighted by molar-refractivity contribution is -0.384. The van der Waals surface area contributed by atoms with Crippen LogP contribution in [-0.2, 0) is 0 Å². The molecule has 0 bridgehead atoms. The lowest BCUT2D eigenvalue weighted by atomic mass is 10.4. The fourth-order valence-corrected chi connectivity index (χ4v) is 0.818. The summed E-state index contributed by atoms with van der Waals surface area (Å²) in [4.78, 5) is 13.1. The Bertz CT molecular complexity index is 282. The zero-order valence-electron chi connectivity index (χ0n) is 5.32. The highest BCUT2D eigenvalue weighted by Crippen LogP contribution is 2.17. The number of nitrogens with zero attached hydrogens (tertiary/aromatic N) is 2. The molecule has 0 spiro atoms. The number of nitrogen functional groups attached to an aromatic ring is 1. The Labute approximate surface area is 66.9 Å². The van der Waals surface area contributed by atoms with Gasteiger partial charge >= 0.3 is 0 Å². The number of pyridine rings is 1. The van der Waals surface area contributed by atoms with E-state index in [1.165, 1.54) is 0 Å². The molecule has 0 fully saturated rings. The molecule has 0 aliphatic rings. The largest absolute Gasteiger partial charge is 0.383 e. The molecule has 0 unspecified atom stereocenters. The van der Waals surface area contributed by atoms with Crippen molar-refractivity contribution in [2.24, 2.45) is 0 Å². The molecule has 58 valence electrons. The molecule has 0 atom stereocenters. The highest BCUT2D eigenvalue weighted by Gasteiger charge is 2.07. The van der Waals surface area contributed by atoms with Gasteiger partial charge in [0.1, 0.15) is 11.0 Å². The van der Waals surface area contributed by atoms with E-state index in [4.69, 9.17) is 17.3 Å². The van der Waals surface area contributed by atoms with Crippen molar-refractivity contribution in [3.05, 3.63) is 27.4 Å². The van der Waals surface area contributed by atoms with Crippen LogP contribution >= 0.6 is 11.6 Å². The summed E-state index contributed by atoms with van der Waals surface area (Å²) in [7, 11) is 0. The van der Waals surface area contributed by atoms with Crippen molar-refractivity contribution in [2.75, 3.05) is 5.73 Å². The molecule has 1 rings (SSSR count). The highest BCUT2D eigenvalue weighted by molar-refractivity contribution is 6.29. The summed E-state index contributed by atoms with van der Waals surface area (Å²) in [6.45, 7) is 0. The van der Waals surface area contributed by atoms with Gasteiger partial charge in [0.05, 0.1) is 17.1 Å². The zero-order valence-corrected chi connectivity index (χ0v) is 6.08. The Kier molecular flexibility index (Phi) is 1.91. The highest BCUT2D eigenvalue weighted by atomic mass is 35.5. The number of hydrogen-bond donors (Lipinski definition) is 1. The van der Waals surface area contributed by atoms with E-state index >= 15 is 0 Å². The SMILES string of the molecule is Nc1cc([N+](=O)[O-])cc(Cl)n1. The maximum absolute atomic E-state index is 10.2. The summed E-state index contributed by atoms with van der Waals surface area (Å²) in [5, 5.41) is 10.2. The van der Waals surface area contributed by atoms with E-state index in [9.17, 15) is 10.1 Å². The van der Waals surface area contributed by atoms with Gasteiger partial charge in [-0.05, 0) is 0 Å². The molecule has 0 aromatic carbocycles. The van der Waals surface area contributed by atoms with Crippen LogP contribution in [0.3, 0.4) is 0 Å². The second kappa shape index (κ2) is 2.71. The molecule has 1 heterocycles. The number of anilines is 1. The summed E-state index contributed by atoms with van der Waals surface area (Å²) in [5.74, 6) is 0.0456. The van der Waals surface area contributed by atoms with Gasteiger partial charge in [0.15, 0.2) is 0 Å². The van der Waals surface area contributed by atoms with Crippen LogP contribution in [0.1, 0.15) is 0 Å². The van der Waals surface area contributed by atoms with Crippen molar-refractivity contribution < 1.29 is 4.92 Å². The summed E-state index contributed by atoms with van der Waals surface area (Å²) >= 11 is 5.40. The molecule has 0 radical (unpaired) electrons. The average Bonchev–Trinajstić information content (AvgIpc) is 1.85. The van der Waals surface area contributed by atoms with Gasteiger partial charge in [0.2, 0.25) is 0 Å². The molecule has 0 saturated heterocycles. The minimum absolute atomic E-state index is 0.0247. The molecule has 0 aliphatic heterocycles. The third kappa shape index (κ3) is 1.78. The fourth-order valence-electron chi connectivity index (χ4n) is 0.609. The van der Waals surface area contributed by atoms with Gasteiger partial charge in [-0.3, -0.25) is 10.1 Å². The Balaban J connectivity index is 3.19. The topological polar surface area (TPSA) is 82.0 Å². The van der Waals surface area contributed by atoms with Crippen LogP contribution in [0.2, 0.25) is 5.15 Å². The summed E-state index contributed by atoms with van der Waals surface area (Å²) in [6, 6.07) is 2.28. The Morgan fingerprint density at radius 2 is 2.27 bits per heavy atom. The van der Waals surface area contributed by atoms with Crippen molar-refractivity contribution in [1.29, 1.82) is 0 Å². The maximum atomic E-state index is 10.2. The minimum Gasteiger partial charge on any atom is -0.383 e. The van der Waals surface area contributed by atoms with Crippen molar-refractivity contribution in [3.63, 3.8) is 0 Å². The van der Waals surface area contributed by atoms with Crippen LogP contribution in [0.5, 0.6) is 0 Å². The fraction of sp³-hybridized carbons (Fsp3) is 0. The second-order valence-corrected chi connectivity index (χ2v) is 2.22. The van der Waals surface area contributed by atoms with E-state index in [0.717, 1.165) is 12.1 Å². The van der Waals surface area contributed by atoms with Crippen LogP contribution in [0.25, 0.3) is 0 Å². The van der Waals surface area contributed by atoms with Crippen LogP contribution in [0.4, 0.5) is 11.5 Å².